The Balaban J connectivity index is 0.000000448. The SMILES string of the molecule is CC(O)(c1ccc(N2CCN(Sc3cccs3)CC2)cc1)C(F)(F)F.CNC1CC1. The van der Waals surface area contributed by atoms with Crippen molar-refractivity contribution in [3.8, 4) is 0 Å². The van der Waals surface area contributed by atoms with Crippen molar-refractivity contribution in [3.63, 3.8) is 0 Å². The highest BCUT2D eigenvalue weighted by molar-refractivity contribution is 7.98. The number of hydrogen-bond acceptors (Lipinski definition) is 6. The molecule has 0 bridgehead atoms. The van der Waals surface area contributed by atoms with Crippen LogP contribution >= 0.6 is 23.3 Å². The highest BCUT2D eigenvalue weighted by Crippen LogP contribution is 2.39. The molecule has 0 amide bonds. The van der Waals surface area contributed by atoms with Crippen LogP contribution in [0.3, 0.4) is 0 Å². The number of nitrogens with zero attached hydrogens (tertiary/aromatic N) is 2. The van der Waals surface area contributed by atoms with Gasteiger partial charge in [0.05, 0.1) is 4.21 Å². The molecule has 9 heteroatoms. The molecule has 1 saturated heterocycles. The number of nitrogens with one attached hydrogen (secondary N) is 1. The van der Waals surface area contributed by atoms with E-state index in [9.17, 15) is 18.3 Å². The third kappa shape index (κ3) is 6.13. The molecule has 2 fully saturated rings. The third-order valence-electron chi connectivity index (χ3n) is 5.28. The molecular formula is C21H28F3N3OS2. The molecule has 2 aromatic rings. The first-order valence-electron chi connectivity index (χ1n) is 9.99. The maximum atomic E-state index is 12.9. The van der Waals surface area contributed by atoms with Crippen molar-refractivity contribution in [1.82, 2.24) is 9.62 Å². The van der Waals surface area contributed by atoms with Crippen LogP contribution in [-0.4, -0.2) is 54.9 Å². The van der Waals surface area contributed by atoms with Gasteiger partial charge in [0.2, 0.25) is 0 Å². The average Bonchev–Trinajstić information content (AvgIpc) is 3.44. The van der Waals surface area contributed by atoms with E-state index in [1.807, 2.05) is 13.1 Å². The molecule has 1 aromatic heterocycles. The van der Waals surface area contributed by atoms with E-state index in [4.69, 9.17) is 0 Å². The third-order valence-corrected chi connectivity index (χ3v) is 7.40. The van der Waals surface area contributed by atoms with Crippen LogP contribution in [0, 0.1) is 0 Å². The number of benzene rings is 1. The fourth-order valence-electron chi connectivity index (χ4n) is 3.01. The zero-order chi connectivity index (χ0) is 21.8. The molecule has 166 valence electrons. The lowest BCUT2D eigenvalue weighted by Crippen LogP contribution is -2.43. The number of hydrogen-bond donors (Lipinski definition) is 2. The smallest absolute Gasteiger partial charge is 0.376 e. The number of aliphatic hydroxyl groups is 1. The van der Waals surface area contributed by atoms with Crippen LogP contribution < -0.4 is 10.2 Å². The number of halogens is 3. The molecule has 30 heavy (non-hydrogen) atoms. The number of piperazine rings is 1. The Morgan fingerprint density at radius 3 is 2.13 bits per heavy atom. The highest BCUT2D eigenvalue weighted by Gasteiger charge is 2.51. The van der Waals surface area contributed by atoms with Gasteiger partial charge in [0, 0.05) is 37.9 Å². The summed E-state index contributed by atoms with van der Waals surface area (Å²) in [6.07, 6.45) is -1.90. The van der Waals surface area contributed by atoms with Gasteiger partial charge in [-0.2, -0.15) is 13.2 Å². The Bertz CT molecular complexity index is 770. The fraction of sp³-hybridized carbons (Fsp3) is 0.524. The molecule has 2 aliphatic rings. The molecule has 2 N–H and O–H groups in total. The molecule has 4 nitrogen and oxygen atoms in total. The van der Waals surface area contributed by atoms with Crippen LogP contribution in [0.15, 0.2) is 46.0 Å². The highest BCUT2D eigenvalue weighted by atomic mass is 32.2. The van der Waals surface area contributed by atoms with Crippen LogP contribution in [0.1, 0.15) is 25.3 Å². The Morgan fingerprint density at radius 1 is 1.07 bits per heavy atom. The minimum atomic E-state index is -4.70. The van der Waals surface area contributed by atoms with E-state index < -0.39 is 11.8 Å². The summed E-state index contributed by atoms with van der Waals surface area (Å²) in [5, 5.41) is 14.9. The first kappa shape index (κ1) is 23.4. The molecule has 2 heterocycles. The van der Waals surface area contributed by atoms with E-state index in [1.165, 1.54) is 29.2 Å². The maximum absolute atomic E-state index is 12.9. The summed E-state index contributed by atoms with van der Waals surface area (Å²) in [7, 11) is 2.01. The quantitative estimate of drug-likeness (QED) is 0.634. The van der Waals surface area contributed by atoms with Crippen molar-refractivity contribution in [3.05, 3.63) is 47.3 Å². The van der Waals surface area contributed by atoms with Gasteiger partial charge in [-0.3, -0.25) is 0 Å². The van der Waals surface area contributed by atoms with Crippen molar-refractivity contribution in [2.75, 3.05) is 38.1 Å². The van der Waals surface area contributed by atoms with Crippen molar-refractivity contribution < 1.29 is 18.3 Å². The van der Waals surface area contributed by atoms with E-state index in [1.54, 1.807) is 35.4 Å². The van der Waals surface area contributed by atoms with Crippen molar-refractivity contribution >= 4 is 29.0 Å². The molecule has 0 radical (unpaired) electrons. The Hall–Kier alpha value is -1.26. The largest absolute Gasteiger partial charge is 0.421 e. The van der Waals surface area contributed by atoms with Gasteiger partial charge in [-0.25, -0.2) is 4.31 Å². The molecule has 1 saturated carbocycles. The lowest BCUT2D eigenvalue weighted by Gasteiger charge is -2.35. The van der Waals surface area contributed by atoms with Gasteiger partial charge in [-0.15, -0.1) is 11.3 Å². The average molecular weight is 460 g/mol. The van der Waals surface area contributed by atoms with Gasteiger partial charge < -0.3 is 15.3 Å². The number of thiophene rings is 1. The molecule has 4 rings (SSSR count). The summed E-state index contributed by atoms with van der Waals surface area (Å²) >= 11 is 3.46. The Labute approximate surface area is 184 Å². The van der Waals surface area contributed by atoms with Crippen LogP contribution in [0.2, 0.25) is 0 Å². The zero-order valence-corrected chi connectivity index (χ0v) is 18.8. The molecular weight excluding hydrogens is 431 g/mol. The molecule has 1 aromatic carbocycles. The van der Waals surface area contributed by atoms with Crippen molar-refractivity contribution in [2.45, 2.75) is 41.8 Å². The predicted octanol–water partition coefficient (Wildman–Crippen LogP) is 4.72. The van der Waals surface area contributed by atoms with Crippen LogP contribution in [0.5, 0.6) is 0 Å². The van der Waals surface area contributed by atoms with Gasteiger partial charge in [0.25, 0.3) is 0 Å². The zero-order valence-electron chi connectivity index (χ0n) is 17.2. The van der Waals surface area contributed by atoms with Gasteiger partial charge in [0.1, 0.15) is 0 Å². The first-order chi connectivity index (χ1) is 14.2. The van der Waals surface area contributed by atoms with Gasteiger partial charge >= 0.3 is 6.18 Å². The van der Waals surface area contributed by atoms with E-state index in [2.05, 4.69) is 26.0 Å². The summed E-state index contributed by atoms with van der Waals surface area (Å²) < 4.78 is 42.3. The second kappa shape index (κ2) is 9.91. The normalized spacial score (nSPS) is 19.7. The molecule has 1 aliphatic carbocycles. The van der Waals surface area contributed by atoms with Crippen molar-refractivity contribution in [2.24, 2.45) is 0 Å². The second-order valence-corrected chi connectivity index (χ2v) is 9.96. The van der Waals surface area contributed by atoms with Crippen LogP contribution in [-0.2, 0) is 5.60 Å². The van der Waals surface area contributed by atoms with Gasteiger partial charge in [-0.05, 0) is 67.9 Å². The maximum Gasteiger partial charge on any atom is 0.421 e. The van der Waals surface area contributed by atoms with Gasteiger partial charge in [0.15, 0.2) is 5.60 Å². The van der Waals surface area contributed by atoms with E-state index in [-0.39, 0.29) is 5.56 Å². The minimum absolute atomic E-state index is 0.143. The standard InChI is InChI=1S/C17H19F3N2OS2.C4H9N/c1-16(23,17(18,19)20)13-4-6-14(7-5-13)21-8-10-22(11-9-21)25-15-3-2-12-24-15;1-5-4-2-3-4/h2-7,12,23H,8-11H2,1H3;4-5H,2-3H2,1H3. The Kier molecular flexibility index (Phi) is 7.73. The Morgan fingerprint density at radius 2 is 1.70 bits per heavy atom. The molecule has 1 atom stereocenters. The fourth-order valence-corrected chi connectivity index (χ4v) is 4.86. The van der Waals surface area contributed by atoms with E-state index in [0.717, 1.165) is 44.8 Å². The lowest BCUT2D eigenvalue weighted by molar-refractivity contribution is -0.258. The van der Waals surface area contributed by atoms with Crippen LogP contribution in [0.25, 0.3) is 0 Å². The predicted molar refractivity (Wildman–Crippen MR) is 118 cm³/mol. The summed E-state index contributed by atoms with van der Waals surface area (Å²) in [6.45, 7) is 4.17. The topological polar surface area (TPSA) is 38.7 Å². The first-order valence-corrected chi connectivity index (χ1v) is 11.6. The van der Waals surface area contributed by atoms with Crippen molar-refractivity contribution in [1.29, 1.82) is 0 Å². The number of anilines is 1. The van der Waals surface area contributed by atoms with E-state index in [0.29, 0.717) is 0 Å². The second-order valence-electron chi connectivity index (χ2n) is 7.62. The number of rotatable bonds is 5. The molecule has 1 unspecified atom stereocenters. The molecule has 1 aliphatic heterocycles. The minimum Gasteiger partial charge on any atom is -0.376 e. The summed E-state index contributed by atoms with van der Waals surface area (Å²) in [6, 6.07) is 11.0. The summed E-state index contributed by atoms with van der Waals surface area (Å²) in [5.41, 5.74) is -2.10. The summed E-state index contributed by atoms with van der Waals surface area (Å²) in [4.78, 5) is 2.15. The summed E-state index contributed by atoms with van der Waals surface area (Å²) in [5.74, 6) is 0. The molecule has 0 spiro atoms. The number of alkyl halides is 3. The monoisotopic (exact) mass is 459 g/mol. The van der Waals surface area contributed by atoms with E-state index >= 15 is 0 Å². The van der Waals surface area contributed by atoms with Gasteiger partial charge in [-0.1, -0.05) is 18.2 Å². The lowest BCUT2D eigenvalue weighted by atomic mass is 9.95. The van der Waals surface area contributed by atoms with Crippen LogP contribution in [0.4, 0.5) is 18.9 Å².